The third-order valence-corrected chi connectivity index (χ3v) is 8.54. The van der Waals surface area contributed by atoms with E-state index in [2.05, 4.69) is 15.4 Å². The quantitative estimate of drug-likeness (QED) is 0.185. The number of hydrogen-bond acceptors (Lipinski definition) is 8. The van der Waals surface area contributed by atoms with E-state index >= 15 is 0 Å². The van der Waals surface area contributed by atoms with E-state index in [0.717, 1.165) is 17.4 Å². The van der Waals surface area contributed by atoms with Gasteiger partial charge >= 0.3 is 0 Å². The lowest BCUT2D eigenvalue weighted by Gasteiger charge is -2.22. The maximum absolute atomic E-state index is 13.4. The van der Waals surface area contributed by atoms with E-state index in [1.54, 1.807) is 48.0 Å². The number of carbonyl (C=O) groups excluding carboxylic acids is 2. The minimum atomic E-state index is -3.52. The molecule has 0 unspecified atom stereocenters. The van der Waals surface area contributed by atoms with Gasteiger partial charge in [-0.05, 0) is 79.5 Å². The number of rotatable bonds is 11. The molecular weight excluding hydrogens is 647 g/mol. The van der Waals surface area contributed by atoms with Crippen molar-refractivity contribution in [1.82, 2.24) is 14.6 Å². The molecule has 14 heteroatoms. The van der Waals surface area contributed by atoms with Crippen LogP contribution in [-0.4, -0.2) is 54.7 Å². The van der Waals surface area contributed by atoms with Gasteiger partial charge in [-0.2, -0.15) is 4.98 Å². The van der Waals surface area contributed by atoms with Gasteiger partial charge in [0.25, 0.3) is 5.95 Å². The Bertz CT molecular complexity index is 2000. The molecule has 0 saturated carbocycles. The third kappa shape index (κ3) is 7.94. The summed E-state index contributed by atoms with van der Waals surface area (Å²) >= 11 is 0. The smallest absolute Gasteiger partial charge is 0.257 e. The Morgan fingerprint density at radius 2 is 1.70 bits per heavy atom. The first kappa shape index (κ1) is 35.0. The average molecular weight is 681 g/mol. The Kier molecular flexibility index (Phi) is 11.0. The highest BCUT2D eigenvalue weighted by Gasteiger charge is 2.26. The molecule has 2 amide bonds. The highest BCUT2D eigenvalue weighted by atomic mass is 35.5. The first-order valence-corrected chi connectivity index (χ1v) is 16.3. The van der Waals surface area contributed by atoms with E-state index in [0.29, 0.717) is 35.6 Å². The summed E-state index contributed by atoms with van der Waals surface area (Å²) in [5, 5.41) is 7.48. The number of nitrogens with two attached hydrogens (primary N) is 1. The number of aromatic nitrogens is 3. The Labute approximate surface area is 277 Å². The molecule has 2 heterocycles. The molecule has 1 atom stereocenters. The highest BCUT2D eigenvalue weighted by Crippen LogP contribution is 2.35. The molecule has 5 rings (SSSR count). The maximum Gasteiger partial charge on any atom is 0.257 e. The molecule has 47 heavy (non-hydrogen) atoms. The standard InChI is InChI=1S/C33H33FN6O5S.ClH/c1-21(22-6-11-25(34)12-7-22)32(42)36-26-13-8-23(9-14-26)24-10-17-30-37-33(38-39(30)20-24)40(31(41)5-4-18-35)28-16-15-27(46(3,43)44)19-29(28)45-2;/h6-17,19-21H,4-5,18,35H2,1-3H3,(H,36,42);1H/t21-;/m1./s1. The fourth-order valence-electron chi connectivity index (χ4n) is 4.83. The van der Waals surface area contributed by atoms with Gasteiger partial charge in [0.05, 0.1) is 23.6 Å². The summed E-state index contributed by atoms with van der Waals surface area (Å²) in [6, 6.07) is 21.0. The molecule has 0 spiro atoms. The van der Waals surface area contributed by atoms with Gasteiger partial charge in [0, 0.05) is 36.2 Å². The van der Waals surface area contributed by atoms with Gasteiger partial charge in [0.1, 0.15) is 11.6 Å². The number of halogens is 2. The van der Waals surface area contributed by atoms with Crippen LogP contribution in [0.4, 0.5) is 21.7 Å². The van der Waals surface area contributed by atoms with Gasteiger partial charge in [-0.25, -0.2) is 22.2 Å². The Morgan fingerprint density at radius 3 is 2.34 bits per heavy atom. The van der Waals surface area contributed by atoms with Crippen LogP contribution in [0.2, 0.25) is 0 Å². The Morgan fingerprint density at radius 1 is 1.02 bits per heavy atom. The minimum Gasteiger partial charge on any atom is -0.495 e. The molecule has 3 N–H and O–H groups in total. The lowest BCUT2D eigenvalue weighted by atomic mass is 10.00. The molecule has 0 aliphatic carbocycles. The first-order chi connectivity index (χ1) is 22.0. The van der Waals surface area contributed by atoms with Crippen LogP contribution in [0.5, 0.6) is 5.75 Å². The van der Waals surface area contributed by atoms with Crippen molar-refractivity contribution >= 4 is 57.0 Å². The number of ether oxygens (including phenoxy) is 1. The number of nitrogens with one attached hydrogen (secondary N) is 1. The van der Waals surface area contributed by atoms with E-state index in [1.165, 1.54) is 42.3 Å². The zero-order valence-electron chi connectivity index (χ0n) is 25.9. The Balaban J connectivity index is 0.00000500. The summed E-state index contributed by atoms with van der Waals surface area (Å²) in [4.78, 5) is 32.1. The number of fused-ring (bicyclic) bond motifs is 1. The molecule has 246 valence electrons. The van der Waals surface area contributed by atoms with Crippen LogP contribution in [0.1, 0.15) is 31.2 Å². The van der Waals surface area contributed by atoms with Crippen molar-refractivity contribution in [3.8, 4) is 16.9 Å². The normalized spacial score (nSPS) is 11.9. The lowest BCUT2D eigenvalue weighted by molar-refractivity contribution is -0.118. The van der Waals surface area contributed by atoms with Crippen molar-refractivity contribution < 1.29 is 27.1 Å². The predicted octanol–water partition coefficient (Wildman–Crippen LogP) is 5.52. The summed E-state index contributed by atoms with van der Waals surface area (Å²) in [6.45, 7) is 2.06. The predicted molar refractivity (Wildman–Crippen MR) is 181 cm³/mol. The molecule has 0 bridgehead atoms. The lowest BCUT2D eigenvalue weighted by Crippen LogP contribution is -2.28. The van der Waals surface area contributed by atoms with Crippen molar-refractivity contribution in [3.05, 3.63) is 96.4 Å². The molecule has 0 fully saturated rings. The van der Waals surface area contributed by atoms with Crippen molar-refractivity contribution in [2.45, 2.75) is 30.6 Å². The van der Waals surface area contributed by atoms with Gasteiger partial charge < -0.3 is 15.8 Å². The van der Waals surface area contributed by atoms with Gasteiger partial charge in [-0.15, -0.1) is 17.5 Å². The summed E-state index contributed by atoms with van der Waals surface area (Å²) in [7, 11) is -2.13. The van der Waals surface area contributed by atoms with E-state index in [9.17, 15) is 22.4 Å². The second-order valence-corrected chi connectivity index (χ2v) is 12.7. The number of pyridine rings is 1. The molecule has 0 aliphatic heterocycles. The topological polar surface area (TPSA) is 149 Å². The fourth-order valence-corrected chi connectivity index (χ4v) is 5.46. The zero-order chi connectivity index (χ0) is 33.0. The van der Waals surface area contributed by atoms with Crippen LogP contribution >= 0.6 is 12.4 Å². The van der Waals surface area contributed by atoms with E-state index in [-0.39, 0.29) is 53.1 Å². The Hall–Kier alpha value is -4.85. The number of hydrogen-bond donors (Lipinski definition) is 2. The second kappa shape index (κ2) is 14.7. The number of benzene rings is 3. The largest absolute Gasteiger partial charge is 0.495 e. The fraction of sp³-hybridized carbons (Fsp3) is 0.212. The van der Waals surface area contributed by atoms with E-state index in [4.69, 9.17) is 10.5 Å². The van der Waals surface area contributed by atoms with Gasteiger partial charge in [0.2, 0.25) is 11.8 Å². The summed E-state index contributed by atoms with van der Waals surface area (Å²) < 4.78 is 44.6. The SMILES string of the molecule is COc1cc(S(C)(=O)=O)ccc1N(C(=O)CCCN)c1nc2ccc(-c3ccc(NC(=O)[C@H](C)c4ccc(F)cc4)cc3)cn2n1.Cl. The highest BCUT2D eigenvalue weighted by molar-refractivity contribution is 7.90. The molecule has 5 aromatic rings. The second-order valence-electron chi connectivity index (χ2n) is 10.7. The summed E-state index contributed by atoms with van der Waals surface area (Å²) in [6.07, 6.45) is 3.40. The molecule has 11 nitrogen and oxygen atoms in total. The van der Waals surface area contributed by atoms with Gasteiger partial charge in [-0.3, -0.25) is 9.59 Å². The molecule has 3 aromatic carbocycles. The van der Waals surface area contributed by atoms with Crippen molar-refractivity contribution in [2.24, 2.45) is 5.73 Å². The van der Waals surface area contributed by atoms with Gasteiger partial charge in [0.15, 0.2) is 15.5 Å². The van der Waals surface area contributed by atoms with Crippen LogP contribution in [0.3, 0.4) is 0 Å². The minimum absolute atomic E-state index is 0. The number of nitrogens with zero attached hydrogens (tertiary/aromatic N) is 4. The van der Waals surface area contributed by atoms with Crippen molar-refractivity contribution in [1.29, 1.82) is 0 Å². The van der Waals surface area contributed by atoms with Crippen LogP contribution in [0.25, 0.3) is 16.8 Å². The van der Waals surface area contributed by atoms with Crippen molar-refractivity contribution in [2.75, 3.05) is 30.1 Å². The number of anilines is 3. The van der Waals surface area contributed by atoms with Crippen LogP contribution in [0, 0.1) is 5.82 Å². The first-order valence-electron chi connectivity index (χ1n) is 14.4. The molecule has 0 radical (unpaired) electrons. The number of methoxy groups -OCH3 is 1. The van der Waals surface area contributed by atoms with Crippen LogP contribution < -0.4 is 20.7 Å². The third-order valence-electron chi connectivity index (χ3n) is 7.43. The number of carbonyl (C=O) groups is 2. The van der Waals surface area contributed by atoms with E-state index < -0.39 is 15.8 Å². The zero-order valence-corrected chi connectivity index (χ0v) is 27.5. The summed E-state index contributed by atoms with van der Waals surface area (Å²) in [5.74, 6) is -1.13. The molecule has 0 saturated heterocycles. The van der Waals surface area contributed by atoms with E-state index in [1.807, 2.05) is 18.2 Å². The molecular formula is C33H34ClFN6O5S. The number of amides is 2. The summed E-state index contributed by atoms with van der Waals surface area (Å²) in [5.41, 5.74) is 9.38. The molecule has 2 aromatic heterocycles. The van der Waals surface area contributed by atoms with Crippen LogP contribution in [-0.2, 0) is 19.4 Å². The monoisotopic (exact) mass is 680 g/mol. The maximum atomic E-state index is 13.4. The van der Waals surface area contributed by atoms with Crippen molar-refractivity contribution in [3.63, 3.8) is 0 Å². The average Bonchev–Trinajstić information content (AvgIpc) is 3.46. The number of sulfone groups is 1. The van der Waals surface area contributed by atoms with Crippen LogP contribution in [0.15, 0.2) is 90.0 Å². The van der Waals surface area contributed by atoms with Gasteiger partial charge in [-0.1, -0.05) is 24.3 Å². The molecule has 0 aliphatic rings.